The van der Waals surface area contributed by atoms with Crippen LogP contribution < -0.4 is 9.47 Å². The molecule has 26 heavy (non-hydrogen) atoms. The number of aliphatic carboxylic acids is 1. The Morgan fingerprint density at radius 3 is 2.50 bits per heavy atom. The van der Waals surface area contributed by atoms with Gasteiger partial charge in [-0.05, 0) is 48.2 Å². The molecule has 2 aromatic carbocycles. The summed E-state index contributed by atoms with van der Waals surface area (Å²) in [6.07, 6.45) is 5.13. The number of ketones is 1. The summed E-state index contributed by atoms with van der Waals surface area (Å²) in [6, 6.07) is 12.5. The first-order chi connectivity index (χ1) is 12.5. The van der Waals surface area contributed by atoms with Crippen molar-refractivity contribution in [2.24, 2.45) is 0 Å². The molecule has 0 heterocycles. The Morgan fingerprint density at radius 1 is 1.15 bits per heavy atom. The second-order valence-electron chi connectivity index (χ2n) is 5.33. The minimum Gasteiger partial charge on any atom is -0.496 e. The number of carbonyl (C=O) groups is 2. The van der Waals surface area contributed by atoms with E-state index in [-0.39, 0.29) is 18.8 Å². The van der Waals surface area contributed by atoms with Gasteiger partial charge in [0, 0.05) is 10.5 Å². The van der Waals surface area contributed by atoms with Crippen LogP contribution in [-0.4, -0.2) is 36.8 Å². The lowest BCUT2D eigenvalue weighted by atomic mass is 10.1. The largest absolute Gasteiger partial charge is 0.496 e. The van der Waals surface area contributed by atoms with E-state index in [9.17, 15) is 9.59 Å². The van der Waals surface area contributed by atoms with E-state index >= 15 is 0 Å². The number of carboxylic acid groups (broad SMARTS) is 1. The molecule has 0 aliphatic heterocycles. The van der Waals surface area contributed by atoms with E-state index < -0.39 is 5.97 Å². The van der Waals surface area contributed by atoms with Crippen molar-refractivity contribution in [2.75, 3.05) is 20.0 Å². The zero-order chi connectivity index (χ0) is 18.9. The molecule has 0 aliphatic carbocycles. The van der Waals surface area contributed by atoms with E-state index in [2.05, 4.69) is 0 Å². The number of ether oxygens (including phenoxy) is 2. The Kier molecular flexibility index (Phi) is 7.29. The molecule has 2 rings (SSSR count). The maximum absolute atomic E-state index is 12.3. The topological polar surface area (TPSA) is 72.8 Å². The third-order valence-electron chi connectivity index (χ3n) is 3.56. The normalized spacial score (nSPS) is 10.7. The van der Waals surface area contributed by atoms with E-state index in [1.807, 2.05) is 12.3 Å². The molecule has 0 unspecified atom stereocenters. The third-order valence-corrected chi connectivity index (χ3v) is 4.34. The van der Waals surface area contributed by atoms with Crippen molar-refractivity contribution in [3.05, 3.63) is 59.7 Å². The van der Waals surface area contributed by atoms with Gasteiger partial charge in [-0.25, -0.2) is 0 Å². The van der Waals surface area contributed by atoms with Gasteiger partial charge in [0.15, 0.2) is 5.78 Å². The minimum atomic E-state index is -0.898. The maximum atomic E-state index is 12.3. The molecule has 2 aromatic rings. The lowest BCUT2D eigenvalue weighted by Crippen LogP contribution is -2.04. The zero-order valence-corrected chi connectivity index (χ0v) is 15.4. The second kappa shape index (κ2) is 9.68. The summed E-state index contributed by atoms with van der Waals surface area (Å²) < 4.78 is 10.6. The minimum absolute atomic E-state index is 0.0467. The first kappa shape index (κ1) is 19.6. The quantitative estimate of drug-likeness (QED) is 0.405. The molecule has 6 heteroatoms. The molecule has 0 aromatic heterocycles. The Labute approximate surface area is 156 Å². The monoisotopic (exact) mass is 372 g/mol. The number of hydrogen-bond acceptors (Lipinski definition) is 5. The summed E-state index contributed by atoms with van der Waals surface area (Å²) in [7, 11) is 1.58. The molecule has 0 atom stereocenters. The van der Waals surface area contributed by atoms with Crippen molar-refractivity contribution in [2.45, 2.75) is 11.3 Å². The van der Waals surface area contributed by atoms with Crippen molar-refractivity contribution in [1.29, 1.82) is 0 Å². The lowest BCUT2D eigenvalue weighted by Gasteiger charge is -2.07. The van der Waals surface area contributed by atoms with Crippen molar-refractivity contribution < 1.29 is 24.2 Å². The van der Waals surface area contributed by atoms with Gasteiger partial charge < -0.3 is 14.6 Å². The van der Waals surface area contributed by atoms with Crippen LogP contribution in [0.4, 0.5) is 0 Å². The van der Waals surface area contributed by atoms with Crippen LogP contribution in [0.2, 0.25) is 0 Å². The summed E-state index contributed by atoms with van der Waals surface area (Å²) in [6.45, 7) is 0.122. The molecule has 5 nitrogen and oxygen atoms in total. The first-order valence-electron chi connectivity index (χ1n) is 7.92. The fourth-order valence-corrected chi connectivity index (χ4v) is 2.74. The standard InChI is InChI=1S/C20H20O5S/c1-24-18-13-15(6-10-19(18)26-2)17(21)9-5-14-3-7-16(8-4-14)25-12-11-20(22)23/h3-10,13H,11-12H2,1-2H3,(H,22,23)/b9-5+. The number of benzene rings is 2. The van der Waals surface area contributed by atoms with Gasteiger partial charge in [0.25, 0.3) is 0 Å². The van der Waals surface area contributed by atoms with Crippen LogP contribution >= 0.6 is 11.8 Å². The lowest BCUT2D eigenvalue weighted by molar-refractivity contribution is -0.137. The van der Waals surface area contributed by atoms with Crippen LogP contribution in [0.3, 0.4) is 0 Å². The summed E-state index contributed by atoms with van der Waals surface area (Å²) in [5.41, 5.74) is 1.40. The third kappa shape index (κ3) is 5.67. The maximum Gasteiger partial charge on any atom is 0.306 e. The Balaban J connectivity index is 2.00. The number of carbonyl (C=O) groups excluding carboxylic acids is 1. The second-order valence-corrected chi connectivity index (χ2v) is 6.18. The highest BCUT2D eigenvalue weighted by Crippen LogP contribution is 2.28. The highest BCUT2D eigenvalue weighted by Gasteiger charge is 2.07. The zero-order valence-electron chi connectivity index (χ0n) is 14.6. The van der Waals surface area contributed by atoms with Crippen molar-refractivity contribution >= 4 is 29.6 Å². The van der Waals surface area contributed by atoms with E-state index in [1.54, 1.807) is 61.3 Å². The van der Waals surface area contributed by atoms with E-state index in [4.69, 9.17) is 14.6 Å². The van der Waals surface area contributed by atoms with Crippen molar-refractivity contribution in [1.82, 2.24) is 0 Å². The van der Waals surface area contributed by atoms with Crippen LogP contribution in [-0.2, 0) is 4.79 Å². The number of carboxylic acids is 1. The van der Waals surface area contributed by atoms with E-state index in [0.717, 1.165) is 10.5 Å². The number of thioether (sulfide) groups is 1. The molecule has 0 bridgehead atoms. The van der Waals surface area contributed by atoms with Crippen LogP contribution in [0.5, 0.6) is 11.5 Å². The molecular formula is C20H20O5S. The summed E-state index contributed by atoms with van der Waals surface area (Å²) in [5, 5.41) is 8.58. The molecule has 0 amide bonds. The number of methoxy groups -OCH3 is 1. The SMILES string of the molecule is COc1cc(C(=O)/C=C/c2ccc(OCCC(=O)O)cc2)ccc1SC. The van der Waals surface area contributed by atoms with Crippen LogP contribution in [0, 0.1) is 0 Å². The molecule has 136 valence electrons. The van der Waals surface area contributed by atoms with E-state index in [1.165, 1.54) is 6.08 Å². The molecule has 0 spiro atoms. The molecule has 1 N–H and O–H groups in total. The molecule has 0 saturated carbocycles. The first-order valence-corrected chi connectivity index (χ1v) is 9.15. The fraction of sp³-hybridized carbons (Fsp3) is 0.200. The summed E-state index contributed by atoms with van der Waals surface area (Å²) >= 11 is 1.56. The van der Waals surface area contributed by atoms with Crippen LogP contribution in [0.15, 0.2) is 53.4 Å². The highest BCUT2D eigenvalue weighted by molar-refractivity contribution is 7.98. The van der Waals surface area contributed by atoms with Gasteiger partial charge in [0.1, 0.15) is 11.5 Å². The number of rotatable bonds is 9. The predicted molar refractivity (Wildman–Crippen MR) is 102 cm³/mol. The van der Waals surface area contributed by atoms with Gasteiger partial charge in [0.05, 0.1) is 20.1 Å². The van der Waals surface area contributed by atoms with Gasteiger partial charge >= 0.3 is 5.97 Å². The number of hydrogen-bond donors (Lipinski definition) is 1. The van der Waals surface area contributed by atoms with Gasteiger partial charge in [-0.3, -0.25) is 9.59 Å². The van der Waals surface area contributed by atoms with Crippen molar-refractivity contribution in [3.63, 3.8) is 0 Å². The van der Waals surface area contributed by atoms with Crippen LogP contribution in [0.25, 0.3) is 6.08 Å². The smallest absolute Gasteiger partial charge is 0.306 e. The average Bonchev–Trinajstić information content (AvgIpc) is 2.66. The molecule has 0 aliphatic rings. The Morgan fingerprint density at radius 2 is 1.88 bits per heavy atom. The van der Waals surface area contributed by atoms with Crippen LogP contribution in [0.1, 0.15) is 22.3 Å². The predicted octanol–water partition coefficient (Wildman–Crippen LogP) is 4.17. The van der Waals surface area contributed by atoms with Gasteiger partial charge in [0.2, 0.25) is 0 Å². The van der Waals surface area contributed by atoms with Crippen molar-refractivity contribution in [3.8, 4) is 11.5 Å². The summed E-state index contributed by atoms with van der Waals surface area (Å²) in [4.78, 5) is 23.8. The summed E-state index contributed by atoms with van der Waals surface area (Å²) in [5.74, 6) is 0.259. The van der Waals surface area contributed by atoms with Gasteiger partial charge in [-0.1, -0.05) is 18.2 Å². The number of allylic oxidation sites excluding steroid dienone is 1. The van der Waals surface area contributed by atoms with Gasteiger partial charge in [-0.15, -0.1) is 11.8 Å². The molecule has 0 radical (unpaired) electrons. The molecular weight excluding hydrogens is 352 g/mol. The fourth-order valence-electron chi connectivity index (χ4n) is 2.19. The molecule has 0 saturated heterocycles. The van der Waals surface area contributed by atoms with Gasteiger partial charge in [-0.2, -0.15) is 0 Å². The highest BCUT2D eigenvalue weighted by atomic mass is 32.2. The Bertz CT molecular complexity index is 796. The average molecular weight is 372 g/mol. The molecule has 0 fully saturated rings. The van der Waals surface area contributed by atoms with E-state index in [0.29, 0.717) is 17.1 Å². The Hall–Kier alpha value is -2.73.